The van der Waals surface area contributed by atoms with Gasteiger partial charge in [0.15, 0.2) is 0 Å². The molecule has 1 spiro atoms. The van der Waals surface area contributed by atoms with Gasteiger partial charge >= 0.3 is 0 Å². The monoisotopic (exact) mass is 282 g/mol. The van der Waals surface area contributed by atoms with Gasteiger partial charge in [0.1, 0.15) is 0 Å². The average Bonchev–Trinajstić information content (AvgIpc) is 2.99. The Labute approximate surface area is 120 Å². The number of amides is 1. The third-order valence-corrected chi connectivity index (χ3v) is 6.09. The molecule has 19 heavy (non-hydrogen) atoms. The Bertz CT molecular complexity index is 346. The zero-order chi connectivity index (χ0) is 13.5. The Morgan fingerprint density at radius 3 is 2.47 bits per heavy atom. The number of nitrogens with one attached hydrogen (secondary N) is 1. The van der Waals surface area contributed by atoms with E-state index < -0.39 is 0 Å². The van der Waals surface area contributed by atoms with E-state index in [0.29, 0.717) is 17.9 Å². The number of carbonyl (C=O) groups is 1. The highest BCUT2D eigenvalue weighted by Crippen LogP contribution is 2.40. The molecule has 0 aromatic rings. The van der Waals surface area contributed by atoms with Crippen molar-refractivity contribution in [2.75, 3.05) is 11.5 Å². The van der Waals surface area contributed by atoms with Gasteiger partial charge in [-0.1, -0.05) is 26.7 Å². The van der Waals surface area contributed by atoms with E-state index in [1.807, 2.05) is 11.8 Å². The molecule has 4 heteroatoms. The summed E-state index contributed by atoms with van der Waals surface area (Å²) in [5.74, 6) is 3.34. The summed E-state index contributed by atoms with van der Waals surface area (Å²) < 4.78 is 0. The quantitative estimate of drug-likeness (QED) is 0.845. The number of thioether (sulfide) groups is 1. The molecule has 1 aliphatic carbocycles. The van der Waals surface area contributed by atoms with E-state index in [9.17, 15) is 4.79 Å². The normalized spacial score (nSPS) is 31.8. The maximum absolute atomic E-state index is 13.0. The van der Waals surface area contributed by atoms with Gasteiger partial charge in [-0.15, -0.1) is 0 Å². The molecule has 3 aliphatic rings. The molecular formula is C15H26N2OS. The summed E-state index contributed by atoms with van der Waals surface area (Å²) in [4.78, 5) is 15.2. The van der Waals surface area contributed by atoms with Crippen LogP contribution in [-0.2, 0) is 4.79 Å². The van der Waals surface area contributed by atoms with Crippen molar-refractivity contribution in [1.29, 1.82) is 0 Å². The number of hydrogen-bond acceptors (Lipinski definition) is 3. The highest BCUT2D eigenvalue weighted by atomic mass is 32.2. The van der Waals surface area contributed by atoms with Crippen LogP contribution in [0, 0.1) is 5.92 Å². The van der Waals surface area contributed by atoms with Crippen LogP contribution in [0.4, 0.5) is 0 Å². The van der Waals surface area contributed by atoms with Gasteiger partial charge in [0.25, 0.3) is 0 Å². The standard InChI is InChI=1S/C15H26N2OS/c1-11(2)13-16-15(7-3-4-8-15)14(18)17(13)12-5-9-19-10-6-12/h11-13,16H,3-10H2,1-2H3. The molecule has 0 aromatic carbocycles. The Balaban J connectivity index is 1.84. The highest BCUT2D eigenvalue weighted by molar-refractivity contribution is 7.99. The molecule has 3 fully saturated rings. The summed E-state index contributed by atoms with van der Waals surface area (Å²) in [5, 5.41) is 3.73. The van der Waals surface area contributed by atoms with E-state index >= 15 is 0 Å². The Morgan fingerprint density at radius 2 is 1.89 bits per heavy atom. The maximum Gasteiger partial charge on any atom is 0.244 e. The van der Waals surface area contributed by atoms with Crippen LogP contribution in [0.25, 0.3) is 0 Å². The fourth-order valence-corrected chi connectivity index (χ4v) is 5.05. The highest BCUT2D eigenvalue weighted by Gasteiger charge is 2.54. The van der Waals surface area contributed by atoms with Crippen molar-refractivity contribution in [3.05, 3.63) is 0 Å². The van der Waals surface area contributed by atoms with Gasteiger partial charge in [0, 0.05) is 6.04 Å². The first-order chi connectivity index (χ1) is 9.14. The van der Waals surface area contributed by atoms with Gasteiger partial charge in [0.2, 0.25) is 5.91 Å². The number of carbonyl (C=O) groups excluding carboxylic acids is 1. The zero-order valence-electron chi connectivity index (χ0n) is 12.2. The minimum Gasteiger partial charge on any atom is -0.322 e. The molecular weight excluding hydrogens is 256 g/mol. The van der Waals surface area contributed by atoms with Crippen molar-refractivity contribution in [1.82, 2.24) is 10.2 Å². The van der Waals surface area contributed by atoms with E-state index in [2.05, 4.69) is 24.1 Å². The lowest BCUT2D eigenvalue weighted by Gasteiger charge is -2.36. The molecule has 2 saturated heterocycles. The smallest absolute Gasteiger partial charge is 0.244 e. The van der Waals surface area contributed by atoms with Crippen molar-refractivity contribution < 1.29 is 4.79 Å². The van der Waals surface area contributed by atoms with Crippen LogP contribution >= 0.6 is 11.8 Å². The van der Waals surface area contributed by atoms with E-state index in [1.165, 1.54) is 37.2 Å². The van der Waals surface area contributed by atoms with Crippen LogP contribution in [0.1, 0.15) is 52.4 Å². The molecule has 2 aliphatic heterocycles. The first-order valence-corrected chi connectivity index (χ1v) is 8.98. The first-order valence-electron chi connectivity index (χ1n) is 7.82. The first kappa shape index (κ1) is 13.7. The molecule has 2 heterocycles. The summed E-state index contributed by atoms with van der Waals surface area (Å²) in [5.41, 5.74) is -0.195. The van der Waals surface area contributed by atoms with Crippen LogP contribution < -0.4 is 5.32 Å². The van der Waals surface area contributed by atoms with Crippen LogP contribution in [0.5, 0.6) is 0 Å². The van der Waals surface area contributed by atoms with Crippen molar-refractivity contribution >= 4 is 17.7 Å². The summed E-state index contributed by atoms with van der Waals surface area (Å²) in [6.45, 7) is 4.48. The predicted octanol–water partition coefficient (Wildman–Crippen LogP) is 2.61. The molecule has 108 valence electrons. The van der Waals surface area contributed by atoms with Gasteiger partial charge in [-0.25, -0.2) is 0 Å². The number of rotatable bonds is 2. The second-order valence-corrected chi connectivity index (χ2v) is 7.90. The van der Waals surface area contributed by atoms with E-state index in [1.54, 1.807) is 0 Å². The fraction of sp³-hybridized carbons (Fsp3) is 0.933. The average molecular weight is 282 g/mol. The number of hydrogen-bond donors (Lipinski definition) is 1. The third-order valence-electron chi connectivity index (χ3n) is 5.04. The third kappa shape index (κ3) is 2.31. The molecule has 0 aromatic heterocycles. The zero-order valence-corrected chi connectivity index (χ0v) is 13.0. The van der Waals surface area contributed by atoms with Gasteiger partial charge < -0.3 is 4.90 Å². The summed E-state index contributed by atoms with van der Waals surface area (Å²) in [7, 11) is 0. The van der Waals surface area contributed by atoms with Crippen molar-refractivity contribution in [2.45, 2.75) is 70.1 Å². The van der Waals surface area contributed by atoms with Gasteiger partial charge in [-0.3, -0.25) is 10.1 Å². The van der Waals surface area contributed by atoms with Gasteiger partial charge in [-0.05, 0) is 43.1 Å². The fourth-order valence-electron chi connectivity index (χ4n) is 3.97. The van der Waals surface area contributed by atoms with Crippen LogP contribution in [0.3, 0.4) is 0 Å². The maximum atomic E-state index is 13.0. The Morgan fingerprint density at radius 1 is 1.26 bits per heavy atom. The van der Waals surface area contributed by atoms with Crippen molar-refractivity contribution in [2.24, 2.45) is 5.92 Å². The lowest BCUT2D eigenvalue weighted by Crippen LogP contribution is -2.48. The van der Waals surface area contributed by atoms with Gasteiger partial charge in [-0.2, -0.15) is 11.8 Å². The molecule has 1 unspecified atom stereocenters. The Hall–Kier alpha value is -0.220. The molecule has 0 bridgehead atoms. The van der Waals surface area contributed by atoms with E-state index in [4.69, 9.17) is 0 Å². The number of nitrogens with zero attached hydrogens (tertiary/aromatic N) is 1. The topological polar surface area (TPSA) is 32.3 Å². The SMILES string of the molecule is CC(C)C1NC2(CCCC2)C(=O)N1C1CCSCC1. The molecule has 1 N–H and O–H groups in total. The van der Waals surface area contributed by atoms with Gasteiger partial charge in [0.05, 0.1) is 11.7 Å². The molecule has 1 saturated carbocycles. The summed E-state index contributed by atoms with van der Waals surface area (Å²) >= 11 is 2.03. The second kappa shape index (κ2) is 5.28. The molecule has 3 nitrogen and oxygen atoms in total. The molecule has 1 atom stereocenters. The second-order valence-electron chi connectivity index (χ2n) is 6.68. The van der Waals surface area contributed by atoms with Crippen LogP contribution in [0.2, 0.25) is 0 Å². The van der Waals surface area contributed by atoms with Crippen LogP contribution in [-0.4, -0.2) is 40.1 Å². The molecule has 1 amide bonds. The van der Waals surface area contributed by atoms with E-state index in [0.717, 1.165) is 12.8 Å². The summed E-state index contributed by atoms with van der Waals surface area (Å²) in [6, 6.07) is 0.480. The van der Waals surface area contributed by atoms with Crippen molar-refractivity contribution in [3.8, 4) is 0 Å². The minimum atomic E-state index is -0.195. The lowest BCUT2D eigenvalue weighted by molar-refractivity contribution is -0.136. The molecule has 0 radical (unpaired) electrons. The molecule has 3 rings (SSSR count). The summed E-state index contributed by atoms with van der Waals surface area (Å²) in [6.07, 6.45) is 7.13. The largest absolute Gasteiger partial charge is 0.322 e. The van der Waals surface area contributed by atoms with Crippen LogP contribution in [0.15, 0.2) is 0 Å². The Kier molecular flexibility index (Phi) is 3.82. The lowest BCUT2D eigenvalue weighted by atomic mass is 9.97. The van der Waals surface area contributed by atoms with E-state index in [-0.39, 0.29) is 11.7 Å². The van der Waals surface area contributed by atoms with Crippen molar-refractivity contribution in [3.63, 3.8) is 0 Å². The minimum absolute atomic E-state index is 0.195. The predicted molar refractivity (Wildman–Crippen MR) is 80.2 cm³/mol.